The van der Waals surface area contributed by atoms with E-state index in [0.717, 1.165) is 25.7 Å². The van der Waals surface area contributed by atoms with Crippen molar-refractivity contribution in [1.29, 1.82) is 0 Å². The molecule has 0 bridgehead atoms. The van der Waals surface area contributed by atoms with Gasteiger partial charge in [-0.2, -0.15) is 0 Å². The topological polar surface area (TPSA) is 26.7 Å². The number of halogens is 2. The molecule has 1 aliphatic heterocycles. The van der Waals surface area contributed by atoms with Crippen LogP contribution in [0.15, 0.2) is 18.2 Å². The Kier molecular flexibility index (Phi) is 4.96. The molecule has 21 heavy (non-hydrogen) atoms. The van der Waals surface area contributed by atoms with E-state index in [1.54, 1.807) is 0 Å². The summed E-state index contributed by atoms with van der Waals surface area (Å²) in [7, 11) is 2.11. The average Bonchev–Trinajstić information content (AvgIpc) is 2.42. The van der Waals surface area contributed by atoms with E-state index < -0.39 is 17.7 Å². The molecule has 1 aromatic carbocycles. The van der Waals surface area contributed by atoms with Crippen molar-refractivity contribution in [2.45, 2.75) is 31.9 Å². The smallest absolute Gasteiger partial charge is 0.164 e. The van der Waals surface area contributed by atoms with Crippen molar-refractivity contribution in [2.75, 3.05) is 33.2 Å². The van der Waals surface area contributed by atoms with Crippen molar-refractivity contribution in [3.05, 3.63) is 35.4 Å². The van der Waals surface area contributed by atoms with Gasteiger partial charge in [0.15, 0.2) is 11.6 Å². The van der Waals surface area contributed by atoms with E-state index in [0.29, 0.717) is 13.0 Å². The second kappa shape index (κ2) is 6.38. The summed E-state index contributed by atoms with van der Waals surface area (Å²) < 4.78 is 26.8. The molecule has 1 aromatic rings. The second-order valence-corrected chi connectivity index (χ2v) is 6.46. The fourth-order valence-electron chi connectivity index (χ4n) is 2.77. The fraction of sp³-hybridized carbons (Fsp3) is 0.625. The third-order valence-corrected chi connectivity index (χ3v) is 4.45. The van der Waals surface area contributed by atoms with Gasteiger partial charge in [0.1, 0.15) is 0 Å². The molecule has 1 N–H and O–H groups in total. The van der Waals surface area contributed by atoms with Crippen LogP contribution in [0.2, 0.25) is 0 Å². The Morgan fingerprint density at radius 1 is 1.29 bits per heavy atom. The highest BCUT2D eigenvalue weighted by Gasteiger charge is 2.31. The number of benzene rings is 1. The van der Waals surface area contributed by atoms with Crippen molar-refractivity contribution in [1.82, 2.24) is 9.80 Å². The maximum atomic E-state index is 13.6. The van der Waals surface area contributed by atoms with Crippen molar-refractivity contribution in [2.24, 2.45) is 0 Å². The lowest BCUT2D eigenvalue weighted by Crippen LogP contribution is -2.57. The molecular formula is C16H24F2N2O. The predicted molar refractivity (Wildman–Crippen MR) is 79.1 cm³/mol. The molecule has 0 aliphatic carbocycles. The highest BCUT2D eigenvalue weighted by molar-refractivity contribution is 5.21. The van der Waals surface area contributed by atoms with Crippen molar-refractivity contribution >= 4 is 0 Å². The maximum absolute atomic E-state index is 13.6. The first kappa shape index (κ1) is 16.3. The Morgan fingerprint density at radius 2 is 2.00 bits per heavy atom. The Morgan fingerprint density at radius 3 is 2.67 bits per heavy atom. The van der Waals surface area contributed by atoms with Crippen molar-refractivity contribution in [3.63, 3.8) is 0 Å². The van der Waals surface area contributed by atoms with E-state index >= 15 is 0 Å². The summed E-state index contributed by atoms with van der Waals surface area (Å²) >= 11 is 0. The van der Waals surface area contributed by atoms with Gasteiger partial charge in [0, 0.05) is 37.3 Å². The molecule has 0 amide bonds. The van der Waals surface area contributed by atoms with Crippen LogP contribution in [0.3, 0.4) is 0 Å². The van der Waals surface area contributed by atoms with Crippen LogP contribution in [-0.4, -0.2) is 53.7 Å². The molecule has 0 spiro atoms. The maximum Gasteiger partial charge on any atom is 0.164 e. The Bertz CT molecular complexity index is 493. The van der Waals surface area contributed by atoms with E-state index in [9.17, 15) is 13.9 Å². The Labute approximate surface area is 125 Å². The van der Waals surface area contributed by atoms with E-state index in [1.807, 2.05) is 0 Å². The van der Waals surface area contributed by atoms with Gasteiger partial charge in [0.05, 0.1) is 6.10 Å². The van der Waals surface area contributed by atoms with Crippen molar-refractivity contribution in [3.8, 4) is 0 Å². The molecular weight excluding hydrogens is 274 g/mol. The molecule has 1 atom stereocenters. The van der Waals surface area contributed by atoms with Crippen molar-refractivity contribution < 1.29 is 13.9 Å². The molecule has 5 heteroatoms. The quantitative estimate of drug-likeness (QED) is 0.925. The molecule has 2 rings (SSSR count). The van der Waals surface area contributed by atoms with Gasteiger partial charge in [-0.25, -0.2) is 8.78 Å². The lowest BCUT2D eigenvalue weighted by atomic mass is 9.99. The molecule has 1 saturated heterocycles. The van der Waals surface area contributed by atoms with Gasteiger partial charge in [0.2, 0.25) is 0 Å². The van der Waals surface area contributed by atoms with Crippen LogP contribution in [0.5, 0.6) is 0 Å². The van der Waals surface area contributed by atoms with Crippen LogP contribution in [-0.2, 0) is 0 Å². The molecule has 3 nitrogen and oxygen atoms in total. The standard InChI is InChI=1S/C16H24F2N2O/c1-16(2)11-20(10-9-19(16)3)8-7-14(21)12-5-4-6-13(17)15(12)18/h4-6,14,21H,7-11H2,1-3H3. The van der Waals surface area contributed by atoms with Crippen LogP contribution in [0.1, 0.15) is 31.9 Å². The molecule has 1 aliphatic rings. The number of nitrogens with zero attached hydrogens (tertiary/aromatic N) is 2. The van der Waals surface area contributed by atoms with Crippen LogP contribution in [0.25, 0.3) is 0 Å². The highest BCUT2D eigenvalue weighted by atomic mass is 19.2. The minimum atomic E-state index is -0.969. The van der Waals surface area contributed by atoms with Gasteiger partial charge in [-0.15, -0.1) is 0 Å². The molecule has 1 unspecified atom stereocenters. The van der Waals surface area contributed by atoms with Gasteiger partial charge in [0.25, 0.3) is 0 Å². The van der Waals surface area contributed by atoms with Crippen LogP contribution < -0.4 is 0 Å². The zero-order valence-electron chi connectivity index (χ0n) is 12.9. The highest BCUT2D eigenvalue weighted by Crippen LogP contribution is 2.24. The second-order valence-electron chi connectivity index (χ2n) is 6.46. The summed E-state index contributed by atoms with van der Waals surface area (Å²) in [6.07, 6.45) is -0.566. The van der Waals surface area contributed by atoms with Crippen LogP contribution in [0, 0.1) is 11.6 Å². The fourth-order valence-corrected chi connectivity index (χ4v) is 2.77. The summed E-state index contributed by atoms with van der Waals surface area (Å²) in [6, 6.07) is 3.93. The minimum absolute atomic E-state index is 0.0448. The lowest BCUT2D eigenvalue weighted by Gasteiger charge is -2.45. The zero-order chi connectivity index (χ0) is 15.6. The molecule has 0 saturated carbocycles. The number of hydrogen-bond acceptors (Lipinski definition) is 3. The third-order valence-electron chi connectivity index (χ3n) is 4.45. The number of aliphatic hydroxyl groups is 1. The van der Waals surface area contributed by atoms with Gasteiger partial charge >= 0.3 is 0 Å². The zero-order valence-corrected chi connectivity index (χ0v) is 12.9. The summed E-state index contributed by atoms with van der Waals surface area (Å²) in [6.45, 7) is 7.84. The number of piperazine rings is 1. The first-order valence-corrected chi connectivity index (χ1v) is 7.37. The number of aliphatic hydroxyl groups excluding tert-OH is 1. The summed E-state index contributed by atoms with van der Waals surface area (Å²) in [5.41, 5.74) is 0.135. The molecule has 0 radical (unpaired) electrons. The molecule has 1 fully saturated rings. The number of hydrogen-bond donors (Lipinski definition) is 1. The van der Waals surface area contributed by atoms with E-state index in [-0.39, 0.29) is 11.1 Å². The number of likely N-dealkylation sites (N-methyl/N-ethyl adjacent to an activating group) is 1. The van der Waals surface area contributed by atoms with Gasteiger partial charge < -0.3 is 10.0 Å². The Hall–Kier alpha value is -1.04. The summed E-state index contributed by atoms with van der Waals surface area (Å²) in [4.78, 5) is 4.58. The average molecular weight is 298 g/mol. The summed E-state index contributed by atoms with van der Waals surface area (Å²) in [5.74, 6) is -1.85. The SMILES string of the molecule is CN1CCN(CCC(O)c2cccc(F)c2F)CC1(C)C. The van der Waals surface area contributed by atoms with Gasteiger partial charge in [-0.05, 0) is 33.4 Å². The van der Waals surface area contributed by atoms with Crippen LogP contribution in [0.4, 0.5) is 8.78 Å². The molecule has 0 aromatic heterocycles. The van der Waals surface area contributed by atoms with Crippen LogP contribution >= 0.6 is 0 Å². The first-order chi connectivity index (χ1) is 9.81. The van der Waals surface area contributed by atoms with E-state index in [1.165, 1.54) is 12.1 Å². The minimum Gasteiger partial charge on any atom is -0.388 e. The monoisotopic (exact) mass is 298 g/mol. The van der Waals surface area contributed by atoms with E-state index in [2.05, 4.69) is 30.7 Å². The Balaban J connectivity index is 1.93. The number of rotatable bonds is 4. The third kappa shape index (κ3) is 3.78. The van der Waals surface area contributed by atoms with Gasteiger partial charge in [-0.3, -0.25) is 4.90 Å². The summed E-state index contributed by atoms with van der Waals surface area (Å²) in [5, 5.41) is 10.1. The predicted octanol–water partition coefficient (Wildman–Crippen LogP) is 2.41. The largest absolute Gasteiger partial charge is 0.388 e. The first-order valence-electron chi connectivity index (χ1n) is 7.37. The van der Waals surface area contributed by atoms with Gasteiger partial charge in [-0.1, -0.05) is 12.1 Å². The van der Waals surface area contributed by atoms with E-state index in [4.69, 9.17) is 0 Å². The lowest BCUT2D eigenvalue weighted by molar-refractivity contribution is 0.0310. The molecule has 1 heterocycles. The normalized spacial score (nSPS) is 21.4. The molecule has 118 valence electrons.